The minimum atomic E-state index is -0.173. The molecule has 142 valence electrons. The van der Waals surface area contributed by atoms with E-state index < -0.39 is 0 Å². The lowest BCUT2D eigenvalue weighted by Crippen LogP contribution is -2.24. The molecule has 0 spiro atoms. The van der Waals surface area contributed by atoms with Crippen LogP contribution in [0.15, 0.2) is 39.9 Å². The Labute approximate surface area is 162 Å². The number of rotatable bonds is 7. The van der Waals surface area contributed by atoms with Gasteiger partial charge in [-0.05, 0) is 37.7 Å². The summed E-state index contributed by atoms with van der Waals surface area (Å²) in [5.74, 6) is 1.22. The average Bonchev–Trinajstić information content (AvgIpc) is 3.43. The van der Waals surface area contributed by atoms with E-state index in [1.807, 2.05) is 30.5 Å². The topological polar surface area (TPSA) is 73.0 Å². The fourth-order valence-electron chi connectivity index (χ4n) is 3.78. The molecule has 1 aliphatic carbocycles. The lowest BCUT2D eigenvalue weighted by molar-refractivity contribution is 0.0927. The molecule has 0 radical (unpaired) electrons. The SMILES string of the molecule is CSc1nnc(CCCNC(=O)c2cc3ccccc3o2)n1C1CCCC1. The molecule has 1 amide bonds. The largest absolute Gasteiger partial charge is 0.451 e. The smallest absolute Gasteiger partial charge is 0.287 e. The van der Waals surface area contributed by atoms with Crippen LogP contribution in [0.25, 0.3) is 11.0 Å². The zero-order chi connectivity index (χ0) is 18.6. The molecule has 7 heteroatoms. The molecule has 1 fully saturated rings. The predicted molar refractivity (Wildman–Crippen MR) is 106 cm³/mol. The molecule has 0 bridgehead atoms. The summed E-state index contributed by atoms with van der Waals surface area (Å²) in [5, 5.41) is 13.6. The molecule has 2 heterocycles. The Morgan fingerprint density at radius 3 is 2.89 bits per heavy atom. The van der Waals surface area contributed by atoms with Crippen LogP contribution in [0.2, 0.25) is 0 Å². The number of hydrogen-bond donors (Lipinski definition) is 1. The minimum absolute atomic E-state index is 0.173. The van der Waals surface area contributed by atoms with Crippen LogP contribution in [0.5, 0.6) is 0 Å². The van der Waals surface area contributed by atoms with Crippen molar-refractivity contribution in [2.24, 2.45) is 0 Å². The maximum atomic E-state index is 12.3. The molecule has 1 N–H and O–H groups in total. The fourth-order valence-corrected chi connectivity index (χ4v) is 4.35. The molecular formula is C20H24N4O2S. The van der Waals surface area contributed by atoms with E-state index in [4.69, 9.17) is 4.42 Å². The van der Waals surface area contributed by atoms with Gasteiger partial charge in [0.1, 0.15) is 11.4 Å². The maximum Gasteiger partial charge on any atom is 0.287 e. The first kappa shape index (κ1) is 18.1. The normalized spacial score (nSPS) is 14.9. The van der Waals surface area contributed by atoms with Gasteiger partial charge in [-0.1, -0.05) is 42.8 Å². The summed E-state index contributed by atoms with van der Waals surface area (Å²) >= 11 is 1.65. The van der Waals surface area contributed by atoms with Crippen LogP contribution in [0.4, 0.5) is 0 Å². The van der Waals surface area contributed by atoms with Crippen LogP contribution in [0, 0.1) is 0 Å². The highest BCUT2D eigenvalue weighted by Gasteiger charge is 2.23. The van der Waals surface area contributed by atoms with E-state index in [2.05, 4.69) is 20.1 Å². The number of fused-ring (bicyclic) bond motifs is 1. The average molecular weight is 385 g/mol. The molecule has 4 rings (SSSR count). The molecule has 0 unspecified atom stereocenters. The maximum absolute atomic E-state index is 12.3. The highest BCUT2D eigenvalue weighted by atomic mass is 32.2. The summed E-state index contributed by atoms with van der Waals surface area (Å²) in [6.45, 7) is 0.585. The third-order valence-electron chi connectivity index (χ3n) is 5.12. The quantitative estimate of drug-likeness (QED) is 0.488. The van der Waals surface area contributed by atoms with E-state index in [0.29, 0.717) is 18.3 Å². The number of aryl methyl sites for hydroxylation is 1. The van der Waals surface area contributed by atoms with Gasteiger partial charge in [0.25, 0.3) is 5.91 Å². The molecule has 0 aliphatic heterocycles. The molecule has 0 atom stereocenters. The van der Waals surface area contributed by atoms with Crippen molar-refractivity contribution in [3.05, 3.63) is 41.9 Å². The Bertz CT molecular complexity index is 894. The van der Waals surface area contributed by atoms with E-state index in [9.17, 15) is 4.79 Å². The van der Waals surface area contributed by atoms with Gasteiger partial charge < -0.3 is 14.3 Å². The van der Waals surface area contributed by atoms with Crippen molar-refractivity contribution in [3.63, 3.8) is 0 Å². The molecule has 3 aromatic rings. The van der Waals surface area contributed by atoms with Gasteiger partial charge in [-0.3, -0.25) is 4.79 Å². The first-order valence-corrected chi connectivity index (χ1v) is 10.7. The number of benzene rings is 1. The lowest BCUT2D eigenvalue weighted by atomic mass is 10.2. The summed E-state index contributed by atoms with van der Waals surface area (Å²) < 4.78 is 7.93. The second-order valence-corrected chi connectivity index (χ2v) is 7.69. The number of hydrogen-bond acceptors (Lipinski definition) is 5. The number of para-hydroxylation sites is 1. The zero-order valence-corrected chi connectivity index (χ0v) is 16.3. The Morgan fingerprint density at radius 2 is 2.11 bits per heavy atom. The first-order chi connectivity index (χ1) is 13.3. The summed E-state index contributed by atoms with van der Waals surface area (Å²) in [4.78, 5) is 12.3. The predicted octanol–water partition coefficient (Wildman–Crippen LogP) is 4.22. The van der Waals surface area contributed by atoms with Crippen LogP contribution < -0.4 is 5.32 Å². The van der Waals surface area contributed by atoms with Gasteiger partial charge >= 0.3 is 0 Å². The Hall–Kier alpha value is -2.28. The van der Waals surface area contributed by atoms with Crippen LogP contribution in [0.3, 0.4) is 0 Å². The van der Waals surface area contributed by atoms with Gasteiger partial charge in [0, 0.05) is 24.4 Å². The van der Waals surface area contributed by atoms with Gasteiger partial charge in [-0.25, -0.2) is 0 Å². The minimum Gasteiger partial charge on any atom is -0.451 e. The van der Waals surface area contributed by atoms with E-state index >= 15 is 0 Å². The first-order valence-electron chi connectivity index (χ1n) is 9.51. The molecule has 2 aromatic heterocycles. The Balaban J connectivity index is 1.33. The molecule has 6 nitrogen and oxygen atoms in total. The highest BCUT2D eigenvalue weighted by molar-refractivity contribution is 7.98. The van der Waals surface area contributed by atoms with Crippen LogP contribution in [0.1, 0.15) is 54.5 Å². The van der Waals surface area contributed by atoms with Crippen LogP contribution >= 0.6 is 11.8 Å². The van der Waals surface area contributed by atoms with Crippen molar-refractivity contribution in [1.82, 2.24) is 20.1 Å². The zero-order valence-electron chi connectivity index (χ0n) is 15.5. The number of carbonyl (C=O) groups is 1. The van der Waals surface area contributed by atoms with Crippen molar-refractivity contribution < 1.29 is 9.21 Å². The number of amides is 1. The van der Waals surface area contributed by atoms with Gasteiger partial charge in [0.15, 0.2) is 10.9 Å². The van der Waals surface area contributed by atoms with Gasteiger partial charge in [0.2, 0.25) is 0 Å². The van der Waals surface area contributed by atoms with E-state index in [1.54, 1.807) is 17.8 Å². The summed E-state index contributed by atoms with van der Waals surface area (Å²) in [7, 11) is 0. The summed E-state index contributed by atoms with van der Waals surface area (Å²) in [6.07, 6.45) is 8.67. The van der Waals surface area contributed by atoms with E-state index in [1.165, 1.54) is 25.7 Å². The third-order valence-corrected chi connectivity index (χ3v) is 5.76. The third kappa shape index (κ3) is 3.88. The monoisotopic (exact) mass is 384 g/mol. The standard InChI is InChI=1S/C20H24N4O2S/c1-27-20-23-22-18(24(20)15-8-3-4-9-15)11-6-12-21-19(25)17-13-14-7-2-5-10-16(14)26-17/h2,5,7,10,13,15H,3-4,6,8-9,11-12H2,1H3,(H,21,25). The van der Waals surface area contributed by atoms with Crippen molar-refractivity contribution in [2.45, 2.75) is 49.7 Å². The molecule has 27 heavy (non-hydrogen) atoms. The number of carbonyl (C=O) groups excluding carboxylic acids is 1. The Morgan fingerprint density at radius 1 is 1.30 bits per heavy atom. The van der Waals surface area contributed by atoms with E-state index in [0.717, 1.165) is 34.8 Å². The number of nitrogens with one attached hydrogen (secondary N) is 1. The van der Waals surface area contributed by atoms with Crippen LogP contribution in [-0.4, -0.2) is 33.5 Å². The van der Waals surface area contributed by atoms with Crippen LogP contribution in [-0.2, 0) is 6.42 Å². The second-order valence-electron chi connectivity index (χ2n) is 6.92. The van der Waals surface area contributed by atoms with Gasteiger partial charge in [0.05, 0.1) is 0 Å². The number of furan rings is 1. The molecule has 1 aliphatic rings. The lowest BCUT2D eigenvalue weighted by Gasteiger charge is -2.16. The van der Waals surface area contributed by atoms with Gasteiger partial charge in [-0.15, -0.1) is 10.2 Å². The highest BCUT2D eigenvalue weighted by Crippen LogP contribution is 2.33. The Kier molecular flexibility index (Phi) is 5.48. The van der Waals surface area contributed by atoms with Crippen molar-refractivity contribution in [1.29, 1.82) is 0 Å². The van der Waals surface area contributed by atoms with E-state index in [-0.39, 0.29) is 5.91 Å². The molecule has 0 saturated heterocycles. The van der Waals surface area contributed by atoms with Crippen molar-refractivity contribution in [2.75, 3.05) is 12.8 Å². The van der Waals surface area contributed by atoms with Crippen molar-refractivity contribution in [3.8, 4) is 0 Å². The molecule has 1 saturated carbocycles. The summed E-state index contributed by atoms with van der Waals surface area (Å²) in [6, 6.07) is 9.95. The fraction of sp³-hybridized carbons (Fsp3) is 0.450. The molecular weight excluding hydrogens is 360 g/mol. The van der Waals surface area contributed by atoms with Gasteiger partial charge in [-0.2, -0.15) is 0 Å². The number of nitrogens with zero attached hydrogens (tertiary/aromatic N) is 3. The van der Waals surface area contributed by atoms with Crippen molar-refractivity contribution >= 4 is 28.6 Å². The number of aromatic nitrogens is 3. The second kappa shape index (κ2) is 8.17. The number of thioether (sulfide) groups is 1. The molecule has 1 aromatic carbocycles. The summed E-state index contributed by atoms with van der Waals surface area (Å²) in [5.41, 5.74) is 0.733.